The molecule has 1 heterocycles. The third kappa shape index (κ3) is 2.81. The predicted octanol–water partition coefficient (Wildman–Crippen LogP) is 3.96. The molecule has 0 saturated carbocycles. The Morgan fingerprint density at radius 2 is 2.31 bits per heavy atom. The van der Waals surface area contributed by atoms with Crippen LogP contribution in [0.5, 0.6) is 0 Å². The molecular formula is C10H10ClN3S2. The standard InChI is InChI=1S/C10H10ClN3S2/c1-12-9-3-2-7(6-8(9)11)16-14-10-13-4-5-15-10/h2-6,12H,1H3,(H,13,14). The van der Waals surface area contributed by atoms with Gasteiger partial charge in [-0.1, -0.05) is 11.6 Å². The van der Waals surface area contributed by atoms with Gasteiger partial charge in [0.05, 0.1) is 10.7 Å². The Hall–Kier alpha value is -0.910. The SMILES string of the molecule is CNc1ccc(SNc2nccs2)cc1Cl. The van der Waals surface area contributed by atoms with Crippen molar-refractivity contribution >= 4 is 45.7 Å². The Labute approximate surface area is 107 Å². The molecule has 0 aliphatic rings. The summed E-state index contributed by atoms with van der Waals surface area (Å²) in [6.45, 7) is 0. The lowest BCUT2D eigenvalue weighted by Crippen LogP contribution is -1.90. The quantitative estimate of drug-likeness (QED) is 0.826. The lowest BCUT2D eigenvalue weighted by molar-refractivity contribution is 1.41. The molecule has 0 aliphatic carbocycles. The molecule has 0 unspecified atom stereocenters. The number of rotatable bonds is 4. The van der Waals surface area contributed by atoms with E-state index >= 15 is 0 Å². The van der Waals surface area contributed by atoms with Gasteiger partial charge in [-0.2, -0.15) is 0 Å². The average molecular weight is 272 g/mol. The zero-order valence-corrected chi connectivity index (χ0v) is 10.9. The number of nitrogens with zero attached hydrogens (tertiary/aromatic N) is 1. The molecule has 2 aromatic rings. The number of nitrogens with one attached hydrogen (secondary N) is 2. The van der Waals surface area contributed by atoms with Gasteiger partial charge in [0, 0.05) is 23.5 Å². The van der Waals surface area contributed by atoms with E-state index in [1.54, 1.807) is 17.5 Å². The van der Waals surface area contributed by atoms with E-state index in [1.807, 2.05) is 30.6 Å². The predicted molar refractivity (Wildman–Crippen MR) is 72.6 cm³/mol. The van der Waals surface area contributed by atoms with Crippen LogP contribution in [0.2, 0.25) is 5.02 Å². The van der Waals surface area contributed by atoms with Crippen molar-refractivity contribution in [2.45, 2.75) is 4.90 Å². The number of hydrogen-bond acceptors (Lipinski definition) is 5. The number of aromatic nitrogens is 1. The van der Waals surface area contributed by atoms with Crippen LogP contribution in [0.15, 0.2) is 34.7 Å². The highest BCUT2D eigenvalue weighted by molar-refractivity contribution is 8.00. The molecule has 3 nitrogen and oxygen atoms in total. The highest BCUT2D eigenvalue weighted by Gasteiger charge is 2.01. The topological polar surface area (TPSA) is 37.0 Å². The van der Waals surface area contributed by atoms with Crippen molar-refractivity contribution in [1.29, 1.82) is 0 Å². The fourth-order valence-electron chi connectivity index (χ4n) is 1.14. The van der Waals surface area contributed by atoms with E-state index in [0.717, 1.165) is 15.7 Å². The Bertz CT molecular complexity index is 459. The van der Waals surface area contributed by atoms with Crippen LogP contribution in [0.25, 0.3) is 0 Å². The van der Waals surface area contributed by atoms with E-state index in [4.69, 9.17) is 11.6 Å². The summed E-state index contributed by atoms with van der Waals surface area (Å²) in [5, 5.41) is 6.55. The summed E-state index contributed by atoms with van der Waals surface area (Å²) in [6, 6.07) is 5.87. The molecule has 0 fully saturated rings. The Morgan fingerprint density at radius 3 is 2.94 bits per heavy atom. The van der Waals surface area contributed by atoms with E-state index in [9.17, 15) is 0 Å². The minimum Gasteiger partial charge on any atom is -0.387 e. The van der Waals surface area contributed by atoms with Crippen molar-refractivity contribution in [3.8, 4) is 0 Å². The maximum atomic E-state index is 6.07. The van der Waals surface area contributed by atoms with Crippen molar-refractivity contribution in [2.75, 3.05) is 17.1 Å². The highest BCUT2D eigenvalue weighted by Crippen LogP contribution is 2.29. The van der Waals surface area contributed by atoms with E-state index in [1.165, 1.54) is 11.9 Å². The highest BCUT2D eigenvalue weighted by atomic mass is 35.5. The Morgan fingerprint density at radius 1 is 1.44 bits per heavy atom. The van der Waals surface area contributed by atoms with Crippen LogP contribution in [-0.2, 0) is 0 Å². The first-order chi connectivity index (χ1) is 7.79. The maximum absolute atomic E-state index is 6.07. The van der Waals surface area contributed by atoms with Crippen molar-refractivity contribution in [3.05, 3.63) is 34.8 Å². The van der Waals surface area contributed by atoms with Gasteiger partial charge in [-0.25, -0.2) is 4.98 Å². The minimum absolute atomic E-state index is 0.716. The van der Waals surface area contributed by atoms with E-state index < -0.39 is 0 Å². The number of hydrogen-bond donors (Lipinski definition) is 2. The lowest BCUT2D eigenvalue weighted by atomic mass is 10.3. The van der Waals surface area contributed by atoms with Crippen LogP contribution in [0.1, 0.15) is 0 Å². The molecule has 84 valence electrons. The second-order valence-corrected chi connectivity index (χ2v) is 5.11. The first-order valence-corrected chi connectivity index (χ1v) is 6.66. The van der Waals surface area contributed by atoms with Crippen LogP contribution in [0.3, 0.4) is 0 Å². The van der Waals surface area contributed by atoms with Gasteiger partial charge in [-0.15, -0.1) is 11.3 Å². The Balaban J connectivity index is 2.02. The molecule has 1 aromatic carbocycles. The molecule has 0 atom stereocenters. The molecule has 6 heteroatoms. The first-order valence-electron chi connectivity index (χ1n) is 4.59. The van der Waals surface area contributed by atoms with Gasteiger partial charge in [0.15, 0.2) is 5.13 Å². The van der Waals surface area contributed by atoms with E-state index in [-0.39, 0.29) is 0 Å². The second-order valence-electron chi connectivity index (χ2n) is 2.93. The van der Waals surface area contributed by atoms with Crippen LogP contribution < -0.4 is 10.0 Å². The normalized spacial score (nSPS) is 10.1. The fourth-order valence-corrected chi connectivity index (χ4v) is 2.74. The van der Waals surface area contributed by atoms with Crippen LogP contribution in [-0.4, -0.2) is 12.0 Å². The summed E-state index contributed by atoms with van der Waals surface area (Å²) in [5.74, 6) is 0. The van der Waals surface area contributed by atoms with Crippen molar-refractivity contribution in [1.82, 2.24) is 4.98 Å². The molecule has 1 aromatic heterocycles. The van der Waals surface area contributed by atoms with Crippen LogP contribution >= 0.6 is 34.9 Å². The van der Waals surface area contributed by atoms with Crippen LogP contribution in [0, 0.1) is 0 Å². The van der Waals surface area contributed by atoms with E-state index in [2.05, 4.69) is 15.0 Å². The van der Waals surface area contributed by atoms with Crippen molar-refractivity contribution < 1.29 is 0 Å². The maximum Gasteiger partial charge on any atom is 0.192 e. The molecule has 2 N–H and O–H groups in total. The van der Waals surface area contributed by atoms with Gasteiger partial charge in [-0.3, -0.25) is 0 Å². The molecule has 0 spiro atoms. The average Bonchev–Trinajstić information content (AvgIpc) is 2.79. The van der Waals surface area contributed by atoms with Gasteiger partial charge in [0.2, 0.25) is 0 Å². The van der Waals surface area contributed by atoms with Gasteiger partial charge in [0.1, 0.15) is 0 Å². The summed E-state index contributed by atoms with van der Waals surface area (Å²) in [4.78, 5) is 5.18. The Kier molecular flexibility index (Phi) is 3.93. The van der Waals surface area contributed by atoms with E-state index in [0.29, 0.717) is 5.02 Å². The lowest BCUT2D eigenvalue weighted by Gasteiger charge is -2.06. The van der Waals surface area contributed by atoms with Crippen LogP contribution in [0.4, 0.5) is 10.8 Å². The summed E-state index contributed by atoms with van der Waals surface area (Å²) in [5.41, 5.74) is 0.931. The summed E-state index contributed by atoms with van der Waals surface area (Å²) < 4.78 is 3.15. The zero-order chi connectivity index (χ0) is 11.4. The summed E-state index contributed by atoms with van der Waals surface area (Å²) >= 11 is 9.14. The molecule has 0 saturated heterocycles. The third-order valence-electron chi connectivity index (χ3n) is 1.90. The fraction of sp³-hybridized carbons (Fsp3) is 0.100. The summed E-state index contributed by atoms with van der Waals surface area (Å²) in [6.07, 6.45) is 1.77. The summed E-state index contributed by atoms with van der Waals surface area (Å²) in [7, 11) is 1.85. The first kappa shape index (κ1) is 11.6. The van der Waals surface area contributed by atoms with Gasteiger partial charge < -0.3 is 10.0 Å². The number of halogens is 1. The minimum atomic E-state index is 0.716. The van der Waals surface area contributed by atoms with Crippen molar-refractivity contribution in [2.24, 2.45) is 0 Å². The van der Waals surface area contributed by atoms with Gasteiger partial charge >= 0.3 is 0 Å². The molecule has 0 radical (unpaired) electrons. The monoisotopic (exact) mass is 271 g/mol. The number of benzene rings is 1. The molecule has 16 heavy (non-hydrogen) atoms. The van der Waals surface area contributed by atoms with Crippen molar-refractivity contribution in [3.63, 3.8) is 0 Å². The molecule has 0 bridgehead atoms. The molecular weight excluding hydrogens is 262 g/mol. The zero-order valence-electron chi connectivity index (χ0n) is 8.53. The molecule has 0 aliphatic heterocycles. The number of thiazole rings is 1. The largest absolute Gasteiger partial charge is 0.387 e. The smallest absolute Gasteiger partial charge is 0.192 e. The molecule has 2 rings (SSSR count). The number of anilines is 2. The second kappa shape index (κ2) is 5.43. The van der Waals surface area contributed by atoms with Gasteiger partial charge in [0.25, 0.3) is 0 Å². The van der Waals surface area contributed by atoms with Gasteiger partial charge in [-0.05, 0) is 30.1 Å². The third-order valence-corrected chi connectivity index (χ3v) is 3.81. The molecule has 0 amide bonds.